The molecule has 1 aromatic heterocycles. The zero-order valence-electron chi connectivity index (χ0n) is 18.3. The molecular weight excluding hydrogens is 481 g/mol. The standard InChI is InChI=1S/C21H33N5O2.HI/c1-7-26(8-2)19(17-10-9-11-18(12-17)27-6)13-23-21(22-5)24-14-20-25-15(3)16(4)28-20;/h9-12,19H,7-8,13-14H2,1-6H3,(H2,22,23,24);1H. The lowest BCUT2D eigenvalue weighted by molar-refractivity contribution is 0.218. The van der Waals surface area contributed by atoms with Crippen molar-refractivity contribution in [1.29, 1.82) is 0 Å². The van der Waals surface area contributed by atoms with Gasteiger partial charge in [-0.25, -0.2) is 4.98 Å². The molecule has 0 radical (unpaired) electrons. The molecule has 2 N–H and O–H groups in total. The van der Waals surface area contributed by atoms with E-state index in [1.165, 1.54) is 5.56 Å². The third-order valence-corrected chi connectivity index (χ3v) is 4.90. The summed E-state index contributed by atoms with van der Waals surface area (Å²) in [4.78, 5) is 11.1. The number of halogens is 1. The van der Waals surface area contributed by atoms with Crippen molar-refractivity contribution in [3.8, 4) is 5.75 Å². The van der Waals surface area contributed by atoms with Crippen LogP contribution in [0.1, 0.15) is 42.8 Å². The van der Waals surface area contributed by atoms with E-state index in [0.29, 0.717) is 18.4 Å². The molecule has 7 nitrogen and oxygen atoms in total. The van der Waals surface area contributed by atoms with Crippen LogP contribution in [0.2, 0.25) is 0 Å². The fourth-order valence-corrected chi connectivity index (χ4v) is 3.16. The van der Waals surface area contributed by atoms with Crippen molar-refractivity contribution in [2.75, 3.05) is 33.8 Å². The molecule has 0 fully saturated rings. The molecule has 1 heterocycles. The second-order valence-electron chi connectivity index (χ2n) is 6.57. The first-order chi connectivity index (χ1) is 13.5. The van der Waals surface area contributed by atoms with Crippen LogP contribution in [0.15, 0.2) is 33.7 Å². The Morgan fingerprint density at radius 3 is 2.52 bits per heavy atom. The molecule has 0 bridgehead atoms. The van der Waals surface area contributed by atoms with Gasteiger partial charge in [-0.15, -0.1) is 24.0 Å². The second kappa shape index (κ2) is 12.7. The molecule has 1 unspecified atom stereocenters. The topological polar surface area (TPSA) is 74.9 Å². The van der Waals surface area contributed by atoms with Crippen molar-refractivity contribution in [1.82, 2.24) is 20.5 Å². The Bertz CT molecular complexity index is 755. The van der Waals surface area contributed by atoms with Gasteiger partial charge in [0.1, 0.15) is 11.5 Å². The Balaban J connectivity index is 0.00000420. The zero-order valence-corrected chi connectivity index (χ0v) is 20.6. The Kier molecular flexibility index (Phi) is 11.0. The summed E-state index contributed by atoms with van der Waals surface area (Å²) < 4.78 is 11.0. The number of nitrogens with one attached hydrogen (secondary N) is 2. The summed E-state index contributed by atoms with van der Waals surface area (Å²) in [7, 11) is 3.46. The van der Waals surface area contributed by atoms with Crippen LogP contribution in [0.4, 0.5) is 0 Å². The molecule has 2 aromatic rings. The SMILES string of the molecule is CCN(CC)C(CNC(=NC)NCc1nc(C)c(C)o1)c1cccc(OC)c1.I. The molecule has 1 aromatic carbocycles. The van der Waals surface area contributed by atoms with Gasteiger partial charge in [-0.2, -0.15) is 0 Å². The van der Waals surface area contributed by atoms with E-state index in [-0.39, 0.29) is 30.0 Å². The Hall–Kier alpha value is -1.81. The van der Waals surface area contributed by atoms with Gasteiger partial charge in [-0.1, -0.05) is 26.0 Å². The molecule has 0 amide bonds. The van der Waals surface area contributed by atoms with E-state index in [1.54, 1.807) is 14.2 Å². The summed E-state index contributed by atoms with van der Waals surface area (Å²) >= 11 is 0. The number of aromatic nitrogens is 1. The number of methoxy groups -OCH3 is 1. The fraction of sp³-hybridized carbons (Fsp3) is 0.524. The van der Waals surface area contributed by atoms with Gasteiger partial charge >= 0.3 is 0 Å². The van der Waals surface area contributed by atoms with E-state index in [2.05, 4.69) is 51.5 Å². The number of hydrogen-bond donors (Lipinski definition) is 2. The number of guanidine groups is 1. The lowest BCUT2D eigenvalue weighted by atomic mass is 10.0. The highest BCUT2D eigenvalue weighted by Gasteiger charge is 2.19. The van der Waals surface area contributed by atoms with Crippen molar-refractivity contribution < 1.29 is 9.15 Å². The number of ether oxygens (including phenoxy) is 1. The van der Waals surface area contributed by atoms with E-state index in [9.17, 15) is 0 Å². The van der Waals surface area contributed by atoms with Crippen LogP contribution in [-0.4, -0.2) is 49.6 Å². The molecule has 0 saturated carbocycles. The van der Waals surface area contributed by atoms with Gasteiger partial charge in [0.2, 0.25) is 5.89 Å². The predicted octanol–water partition coefficient (Wildman–Crippen LogP) is 3.67. The highest BCUT2D eigenvalue weighted by atomic mass is 127. The minimum atomic E-state index is 0. The number of nitrogens with zero attached hydrogens (tertiary/aromatic N) is 3. The summed E-state index contributed by atoms with van der Waals surface area (Å²) in [5.41, 5.74) is 2.13. The number of aliphatic imine (C=N–C) groups is 1. The Morgan fingerprint density at radius 1 is 1.24 bits per heavy atom. The Morgan fingerprint density at radius 2 is 1.97 bits per heavy atom. The minimum absolute atomic E-state index is 0. The molecule has 0 aliphatic rings. The second-order valence-corrected chi connectivity index (χ2v) is 6.57. The summed E-state index contributed by atoms with van der Waals surface area (Å²) in [6.07, 6.45) is 0. The average Bonchev–Trinajstić information content (AvgIpc) is 3.04. The van der Waals surface area contributed by atoms with Gasteiger partial charge in [-0.05, 0) is 44.6 Å². The summed E-state index contributed by atoms with van der Waals surface area (Å²) in [6, 6.07) is 8.44. The monoisotopic (exact) mass is 515 g/mol. The minimum Gasteiger partial charge on any atom is -0.497 e. The van der Waals surface area contributed by atoms with Crippen molar-refractivity contribution in [3.05, 3.63) is 47.2 Å². The van der Waals surface area contributed by atoms with Crippen molar-refractivity contribution in [2.24, 2.45) is 4.99 Å². The predicted molar refractivity (Wildman–Crippen MR) is 128 cm³/mol. The van der Waals surface area contributed by atoms with Gasteiger partial charge in [0, 0.05) is 13.6 Å². The van der Waals surface area contributed by atoms with E-state index in [4.69, 9.17) is 9.15 Å². The smallest absolute Gasteiger partial charge is 0.214 e. The highest BCUT2D eigenvalue weighted by Crippen LogP contribution is 2.23. The lowest BCUT2D eigenvalue weighted by Crippen LogP contribution is -2.43. The number of rotatable bonds is 9. The van der Waals surface area contributed by atoms with Crippen LogP contribution in [0.3, 0.4) is 0 Å². The maximum atomic E-state index is 5.62. The Labute approximate surface area is 191 Å². The third-order valence-electron chi connectivity index (χ3n) is 4.90. The summed E-state index contributed by atoms with van der Waals surface area (Å²) in [6.45, 7) is 11.3. The molecule has 0 aliphatic heterocycles. The van der Waals surface area contributed by atoms with Gasteiger partial charge in [-0.3, -0.25) is 9.89 Å². The number of benzene rings is 1. The van der Waals surface area contributed by atoms with Crippen LogP contribution in [0.5, 0.6) is 5.75 Å². The fourth-order valence-electron chi connectivity index (χ4n) is 3.16. The normalized spacial score (nSPS) is 12.4. The molecular formula is C21H34IN5O2. The largest absolute Gasteiger partial charge is 0.497 e. The average molecular weight is 515 g/mol. The van der Waals surface area contributed by atoms with Crippen LogP contribution >= 0.6 is 24.0 Å². The maximum Gasteiger partial charge on any atom is 0.214 e. The van der Waals surface area contributed by atoms with Gasteiger partial charge in [0.15, 0.2) is 5.96 Å². The van der Waals surface area contributed by atoms with Crippen molar-refractivity contribution in [3.63, 3.8) is 0 Å². The number of aryl methyl sites for hydroxylation is 2. The van der Waals surface area contributed by atoms with E-state index < -0.39 is 0 Å². The third kappa shape index (κ3) is 7.18. The van der Waals surface area contributed by atoms with E-state index in [1.807, 2.05) is 26.0 Å². The van der Waals surface area contributed by atoms with Gasteiger partial charge in [0.05, 0.1) is 25.4 Å². The molecule has 29 heavy (non-hydrogen) atoms. The van der Waals surface area contributed by atoms with E-state index >= 15 is 0 Å². The van der Waals surface area contributed by atoms with E-state index in [0.717, 1.165) is 36.8 Å². The quantitative estimate of drug-likeness (QED) is 0.302. The lowest BCUT2D eigenvalue weighted by Gasteiger charge is -2.31. The van der Waals surface area contributed by atoms with Crippen molar-refractivity contribution in [2.45, 2.75) is 40.3 Å². The number of likely N-dealkylation sites (N-methyl/N-ethyl adjacent to an activating group) is 1. The molecule has 1 atom stereocenters. The maximum absolute atomic E-state index is 5.62. The first-order valence-electron chi connectivity index (χ1n) is 9.77. The molecule has 0 saturated heterocycles. The summed E-state index contributed by atoms with van der Waals surface area (Å²) in [5.74, 6) is 3.09. The van der Waals surface area contributed by atoms with Crippen LogP contribution in [-0.2, 0) is 6.54 Å². The van der Waals surface area contributed by atoms with Crippen LogP contribution in [0.25, 0.3) is 0 Å². The van der Waals surface area contributed by atoms with Crippen LogP contribution in [0, 0.1) is 13.8 Å². The van der Waals surface area contributed by atoms with Crippen LogP contribution < -0.4 is 15.4 Å². The highest BCUT2D eigenvalue weighted by molar-refractivity contribution is 14.0. The molecule has 2 rings (SSSR count). The number of oxazole rings is 1. The van der Waals surface area contributed by atoms with Crippen molar-refractivity contribution >= 4 is 29.9 Å². The number of hydrogen-bond acceptors (Lipinski definition) is 5. The zero-order chi connectivity index (χ0) is 20.5. The van der Waals surface area contributed by atoms with Gasteiger partial charge in [0.25, 0.3) is 0 Å². The van der Waals surface area contributed by atoms with Gasteiger partial charge < -0.3 is 19.8 Å². The molecule has 162 valence electrons. The molecule has 0 aliphatic carbocycles. The molecule has 0 spiro atoms. The molecule has 8 heteroatoms. The first-order valence-corrected chi connectivity index (χ1v) is 9.77. The first kappa shape index (κ1) is 25.2. The summed E-state index contributed by atoms with van der Waals surface area (Å²) in [5, 5.41) is 6.70.